The van der Waals surface area contributed by atoms with E-state index in [4.69, 9.17) is 9.88 Å². The molecule has 1 amide bonds. The number of benzene rings is 2. The molecule has 0 aliphatic rings. The number of fused-ring (bicyclic) bond motifs is 1. The van der Waals surface area contributed by atoms with Gasteiger partial charge in [-0.3, -0.25) is 4.79 Å². The standard InChI is InChI=1S/C21H23N3O5S/c1-13-9-14(2)17-11-19(24-18(17)10-13)21(26)29-12-20(25)23-8-7-15-3-5-16(6-4-15)30(22,27)28/h3-6,9-11,24H,7-8,12H2,1-2H3,(H,23,25)(H2,22,27,28). The summed E-state index contributed by atoms with van der Waals surface area (Å²) in [6.45, 7) is 3.87. The van der Waals surface area contributed by atoms with Crippen LogP contribution in [0.25, 0.3) is 10.9 Å². The third-order valence-corrected chi connectivity index (χ3v) is 5.56. The number of primary sulfonamides is 1. The van der Waals surface area contributed by atoms with Crippen LogP contribution in [-0.4, -0.2) is 38.4 Å². The fourth-order valence-corrected chi connectivity index (χ4v) is 3.68. The van der Waals surface area contributed by atoms with Crippen LogP contribution in [0.15, 0.2) is 47.4 Å². The van der Waals surface area contributed by atoms with Crippen molar-refractivity contribution in [3.05, 3.63) is 64.8 Å². The molecule has 0 bridgehead atoms. The van der Waals surface area contributed by atoms with Gasteiger partial charge in [-0.15, -0.1) is 0 Å². The van der Waals surface area contributed by atoms with Crippen LogP contribution in [0.4, 0.5) is 0 Å². The molecule has 30 heavy (non-hydrogen) atoms. The Bertz CT molecular complexity index is 1200. The molecule has 0 atom stereocenters. The molecule has 3 rings (SSSR count). The normalized spacial score (nSPS) is 11.4. The maximum Gasteiger partial charge on any atom is 0.355 e. The Labute approximate surface area is 174 Å². The van der Waals surface area contributed by atoms with Crippen LogP contribution in [-0.2, 0) is 26.0 Å². The zero-order chi connectivity index (χ0) is 21.9. The summed E-state index contributed by atoms with van der Waals surface area (Å²) in [5.41, 5.74) is 4.11. The van der Waals surface area contributed by atoms with E-state index in [0.717, 1.165) is 27.6 Å². The number of carbonyl (C=O) groups is 2. The van der Waals surface area contributed by atoms with Crippen LogP contribution in [0.1, 0.15) is 27.2 Å². The lowest BCUT2D eigenvalue weighted by atomic mass is 10.1. The van der Waals surface area contributed by atoms with E-state index in [2.05, 4.69) is 10.3 Å². The number of nitrogens with two attached hydrogens (primary N) is 1. The first-order valence-electron chi connectivity index (χ1n) is 9.29. The number of aryl methyl sites for hydroxylation is 2. The zero-order valence-corrected chi connectivity index (χ0v) is 17.5. The highest BCUT2D eigenvalue weighted by molar-refractivity contribution is 7.89. The first-order valence-corrected chi connectivity index (χ1v) is 10.8. The maximum absolute atomic E-state index is 12.2. The Morgan fingerprint density at radius 2 is 1.80 bits per heavy atom. The van der Waals surface area contributed by atoms with Gasteiger partial charge in [-0.1, -0.05) is 18.2 Å². The van der Waals surface area contributed by atoms with E-state index in [1.54, 1.807) is 18.2 Å². The quantitative estimate of drug-likeness (QED) is 0.494. The van der Waals surface area contributed by atoms with Gasteiger partial charge in [-0.25, -0.2) is 18.4 Å². The first kappa shape index (κ1) is 21.5. The summed E-state index contributed by atoms with van der Waals surface area (Å²) in [4.78, 5) is 27.2. The van der Waals surface area contributed by atoms with Crippen LogP contribution in [0.5, 0.6) is 0 Å². The second-order valence-corrected chi connectivity index (χ2v) is 8.65. The van der Waals surface area contributed by atoms with E-state index in [-0.39, 0.29) is 4.90 Å². The summed E-state index contributed by atoms with van der Waals surface area (Å²) in [5, 5.41) is 8.65. The number of hydrogen-bond acceptors (Lipinski definition) is 5. The van der Waals surface area contributed by atoms with Crippen LogP contribution in [0.3, 0.4) is 0 Å². The molecule has 0 radical (unpaired) electrons. The van der Waals surface area contributed by atoms with Gasteiger partial charge in [0.2, 0.25) is 10.0 Å². The molecule has 1 heterocycles. The van der Waals surface area contributed by atoms with Crippen LogP contribution < -0.4 is 10.5 Å². The molecule has 4 N–H and O–H groups in total. The molecule has 3 aromatic rings. The van der Waals surface area contributed by atoms with Crippen molar-refractivity contribution in [2.24, 2.45) is 5.14 Å². The van der Waals surface area contributed by atoms with Gasteiger partial charge < -0.3 is 15.0 Å². The Balaban J connectivity index is 1.47. The molecule has 1 aromatic heterocycles. The summed E-state index contributed by atoms with van der Waals surface area (Å²) >= 11 is 0. The minimum atomic E-state index is -3.73. The van der Waals surface area contributed by atoms with Gasteiger partial charge in [-0.05, 0) is 61.2 Å². The fraction of sp³-hybridized carbons (Fsp3) is 0.238. The molecule has 158 valence electrons. The molecule has 0 saturated carbocycles. The minimum absolute atomic E-state index is 0.0320. The van der Waals surface area contributed by atoms with Crippen molar-refractivity contribution in [1.29, 1.82) is 0 Å². The predicted molar refractivity (Wildman–Crippen MR) is 113 cm³/mol. The number of esters is 1. The summed E-state index contributed by atoms with van der Waals surface area (Å²) in [6, 6.07) is 11.8. The van der Waals surface area contributed by atoms with Crippen molar-refractivity contribution in [1.82, 2.24) is 10.3 Å². The largest absolute Gasteiger partial charge is 0.451 e. The number of aromatic amines is 1. The van der Waals surface area contributed by atoms with Gasteiger partial charge >= 0.3 is 5.97 Å². The zero-order valence-electron chi connectivity index (χ0n) is 16.7. The summed E-state index contributed by atoms with van der Waals surface area (Å²) in [6.07, 6.45) is 0.491. The lowest BCUT2D eigenvalue weighted by Gasteiger charge is -2.07. The van der Waals surface area contributed by atoms with Crippen molar-refractivity contribution in [2.75, 3.05) is 13.2 Å². The second kappa shape index (κ2) is 8.68. The average molecular weight is 429 g/mol. The molecule has 0 saturated heterocycles. The minimum Gasteiger partial charge on any atom is -0.451 e. The first-order chi connectivity index (χ1) is 14.1. The monoisotopic (exact) mass is 429 g/mol. The van der Waals surface area contributed by atoms with Gasteiger partial charge in [0.15, 0.2) is 6.61 Å². The third kappa shape index (κ3) is 5.25. The van der Waals surface area contributed by atoms with Gasteiger partial charge in [-0.2, -0.15) is 0 Å². The van der Waals surface area contributed by atoms with Crippen molar-refractivity contribution < 1.29 is 22.7 Å². The number of sulfonamides is 1. The number of rotatable bonds is 7. The summed E-state index contributed by atoms with van der Waals surface area (Å²) in [5.74, 6) is -1.02. The molecule has 0 fully saturated rings. The summed E-state index contributed by atoms with van der Waals surface area (Å²) in [7, 11) is -3.73. The van der Waals surface area contributed by atoms with Gasteiger partial charge in [0.1, 0.15) is 5.69 Å². The molecule has 8 nitrogen and oxygen atoms in total. The lowest BCUT2D eigenvalue weighted by Crippen LogP contribution is -2.30. The molecule has 9 heteroatoms. The highest BCUT2D eigenvalue weighted by Crippen LogP contribution is 2.21. The molecule has 0 spiro atoms. The topological polar surface area (TPSA) is 131 Å². The number of carbonyl (C=O) groups excluding carboxylic acids is 2. The molecule has 2 aromatic carbocycles. The fourth-order valence-electron chi connectivity index (χ4n) is 3.16. The van der Waals surface area contributed by atoms with Crippen molar-refractivity contribution in [2.45, 2.75) is 25.2 Å². The van der Waals surface area contributed by atoms with E-state index in [1.807, 2.05) is 26.0 Å². The van der Waals surface area contributed by atoms with E-state index in [0.29, 0.717) is 18.7 Å². The lowest BCUT2D eigenvalue weighted by molar-refractivity contribution is -0.124. The van der Waals surface area contributed by atoms with Crippen LogP contribution in [0.2, 0.25) is 0 Å². The molecule has 0 aliphatic carbocycles. The Morgan fingerprint density at radius 3 is 2.47 bits per heavy atom. The Hall–Kier alpha value is -3.17. The van der Waals surface area contributed by atoms with Crippen LogP contribution >= 0.6 is 0 Å². The predicted octanol–water partition coefficient (Wildman–Crippen LogP) is 1.95. The molecule has 0 unspecified atom stereocenters. The van der Waals surface area contributed by atoms with Crippen molar-refractivity contribution >= 4 is 32.8 Å². The molecular weight excluding hydrogens is 406 g/mol. The smallest absolute Gasteiger partial charge is 0.355 e. The van der Waals surface area contributed by atoms with Gasteiger partial charge in [0, 0.05) is 17.4 Å². The number of ether oxygens (including phenoxy) is 1. The van der Waals surface area contributed by atoms with Crippen molar-refractivity contribution in [3.63, 3.8) is 0 Å². The van der Waals surface area contributed by atoms with Gasteiger partial charge in [0.05, 0.1) is 4.90 Å². The number of amides is 1. The maximum atomic E-state index is 12.2. The second-order valence-electron chi connectivity index (χ2n) is 7.09. The van der Waals surface area contributed by atoms with E-state index in [1.165, 1.54) is 12.1 Å². The highest BCUT2D eigenvalue weighted by atomic mass is 32.2. The van der Waals surface area contributed by atoms with Crippen molar-refractivity contribution in [3.8, 4) is 0 Å². The highest BCUT2D eigenvalue weighted by Gasteiger charge is 2.14. The Kier molecular flexibility index (Phi) is 6.23. The number of hydrogen-bond donors (Lipinski definition) is 3. The van der Waals surface area contributed by atoms with Gasteiger partial charge in [0.25, 0.3) is 5.91 Å². The number of nitrogens with one attached hydrogen (secondary N) is 2. The average Bonchev–Trinajstić information content (AvgIpc) is 3.10. The van der Waals surface area contributed by atoms with E-state index in [9.17, 15) is 18.0 Å². The SMILES string of the molecule is Cc1cc(C)c2cc(C(=O)OCC(=O)NCCc3ccc(S(N)(=O)=O)cc3)[nH]c2c1. The van der Waals surface area contributed by atoms with E-state index < -0.39 is 28.5 Å². The molecule has 0 aliphatic heterocycles. The third-order valence-electron chi connectivity index (χ3n) is 4.63. The Morgan fingerprint density at radius 1 is 1.10 bits per heavy atom. The van der Waals surface area contributed by atoms with Crippen LogP contribution in [0, 0.1) is 13.8 Å². The number of aromatic nitrogens is 1. The van der Waals surface area contributed by atoms with E-state index >= 15 is 0 Å². The molecular formula is C21H23N3O5S. The summed E-state index contributed by atoms with van der Waals surface area (Å²) < 4.78 is 27.6. The number of H-pyrrole nitrogens is 1.